The highest BCUT2D eigenvalue weighted by Gasteiger charge is 2.25. The Morgan fingerprint density at radius 2 is 1.79 bits per heavy atom. The summed E-state index contributed by atoms with van der Waals surface area (Å²) in [6, 6.07) is 19.3. The van der Waals surface area contributed by atoms with Gasteiger partial charge in [-0.05, 0) is 54.4 Å². The van der Waals surface area contributed by atoms with Gasteiger partial charge in [0, 0.05) is 55.4 Å². The Kier molecular flexibility index (Phi) is 7.74. The molecule has 3 aromatic carbocycles. The van der Waals surface area contributed by atoms with Gasteiger partial charge in [-0.1, -0.05) is 35.9 Å². The van der Waals surface area contributed by atoms with Gasteiger partial charge in [0.05, 0.1) is 23.9 Å². The van der Waals surface area contributed by atoms with Crippen molar-refractivity contribution in [2.75, 3.05) is 38.0 Å². The van der Waals surface area contributed by atoms with E-state index in [1.165, 1.54) is 19.2 Å². The topological polar surface area (TPSA) is 91.8 Å². The summed E-state index contributed by atoms with van der Waals surface area (Å²) in [7, 11) is -2.47. The molecule has 1 aromatic heterocycles. The third-order valence-electron chi connectivity index (χ3n) is 6.74. The highest BCUT2D eigenvalue weighted by atomic mass is 35.5. The van der Waals surface area contributed by atoms with Crippen LogP contribution in [-0.2, 0) is 16.6 Å². The smallest absolute Gasteiger partial charge is 0.264 e. The summed E-state index contributed by atoms with van der Waals surface area (Å²) in [5, 5.41) is 1.45. The Labute approximate surface area is 233 Å². The van der Waals surface area contributed by atoms with Gasteiger partial charge in [-0.15, -0.1) is 0 Å². The van der Waals surface area contributed by atoms with Crippen LogP contribution in [0.1, 0.15) is 21.5 Å². The van der Waals surface area contributed by atoms with Gasteiger partial charge in [0.2, 0.25) is 0 Å². The van der Waals surface area contributed by atoms with E-state index in [0.717, 1.165) is 41.2 Å². The lowest BCUT2D eigenvalue weighted by Crippen LogP contribution is -2.48. The molecule has 0 spiro atoms. The van der Waals surface area contributed by atoms with Crippen molar-refractivity contribution in [3.05, 3.63) is 94.6 Å². The summed E-state index contributed by atoms with van der Waals surface area (Å²) in [6.45, 7) is 5.41. The highest BCUT2D eigenvalue weighted by Crippen LogP contribution is 2.28. The average molecular weight is 565 g/mol. The van der Waals surface area contributed by atoms with E-state index in [4.69, 9.17) is 16.3 Å². The molecule has 0 unspecified atom stereocenters. The van der Waals surface area contributed by atoms with Gasteiger partial charge in [0.25, 0.3) is 15.9 Å². The zero-order chi connectivity index (χ0) is 27.6. The van der Waals surface area contributed by atoms with Gasteiger partial charge >= 0.3 is 0 Å². The molecule has 0 radical (unpaired) electrons. The first-order valence-electron chi connectivity index (χ1n) is 12.6. The van der Waals surface area contributed by atoms with Crippen LogP contribution < -0.4 is 9.46 Å². The maximum Gasteiger partial charge on any atom is 0.264 e. The number of aromatic nitrogens is 1. The molecule has 8 nitrogen and oxygen atoms in total. The van der Waals surface area contributed by atoms with E-state index >= 15 is 0 Å². The van der Waals surface area contributed by atoms with E-state index in [2.05, 4.69) is 20.7 Å². The number of methoxy groups -OCH3 is 1. The van der Waals surface area contributed by atoms with E-state index in [-0.39, 0.29) is 16.5 Å². The van der Waals surface area contributed by atoms with Crippen LogP contribution in [0.2, 0.25) is 5.02 Å². The number of ether oxygens (including phenoxy) is 1. The largest absolute Gasteiger partial charge is 0.496 e. The maximum absolute atomic E-state index is 13.4. The summed E-state index contributed by atoms with van der Waals surface area (Å²) in [6.07, 6.45) is 1.56. The lowest BCUT2D eigenvalue weighted by atomic mass is 10.1. The predicted octanol–water partition coefficient (Wildman–Crippen LogP) is 4.96. The van der Waals surface area contributed by atoms with Crippen molar-refractivity contribution in [2.24, 2.45) is 0 Å². The van der Waals surface area contributed by atoms with Crippen molar-refractivity contribution in [3.63, 3.8) is 0 Å². The number of pyridine rings is 1. The number of hydrogen-bond acceptors (Lipinski definition) is 6. The molecule has 4 aromatic rings. The van der Waals surface area contributed by atoms with Crippen LogP contribution in [0.3, 0.4) is 0 Å². The number of aryl methyl sites for hydroxylation is 1. The number of benzene rings is 3. The van der Waals surface area contributed by atoms with Crippen LogP contribution in [0, 0.1) is 6.92 Å². The lowest BCUT2D eigenvalue weighted by Gasteiger charge is -2.35. The van der Waals surface area contributed by atoms with Crippen molar-refractivity contribution in [2.45, 2.75) is 18.4 Å². The third-order valence-corrected chi connectivity index (χ3v) is 8.37. The Morgan fingerprint density at radius 1 is 1.03 bits per heavy atom. The third kappa shape index (κ3) is 6.00. The number of anilines is 1. The van der Waals surface area contributed by atoms with Crippen LogP contribution in [-0.4, -0.2) is 62.4 Å². The van der Waals surface area contributed by atoms with Gasteiger partial charge in [-0.3, -0.25) is 19.4 Å². The number of sulfonamides is 1. The van der Waals surface area contributed by atoms with E-state index < -0.39 is 10.0 Å². The van der Waals surface area contributed by atoms with Gasteiger partial charge < -0.3 is 9.64 Å². The van der Waals surface area contributed by atoms with Crippen molar-refractivity contribution < 1.29 is 17.9 Å². The van der Waals surface area contributed by atoms with Crippen LogP contribution in [0.25, 0.3) is 10.9 Å². The number of fused-ring (bicyclic) bond motifs is 1. The maximum atomic E-state index is 13.4. The second-order valence-electron chi connectivity index (χ2n) is 9.56. The summed E-state index contributed by atoms with van der Waals surface area (Å²) in [5.41, 5.74) is 3.33. The molecule has 0 aliphatic carbocycles. The van der Waals surface area contributed by atoms with Crippen molar-refractivity contribution >= 4 is 44.1 Å². The number of nitrogens with zero attached hydrogens (tertiary/aromatic N) is 3. The Bertz CT molecular complexity index is 1610. The Morgan fingerprint density at radius 3 is 2.54 bits per heavy atom. The van der Waals surface area contributed by atoms with Crippen molar-refractivity contribution in [3.8, 4) is 5.75 Å². The standard InChI is InChI=1S/C29H29ClN4O4S/c1-20-15-21(17-23(30)16-20)19-33-11-13-34(14-12-33)29(35)25-9-8-24(18-26(25)38-2)32-39(36,37)27-7-3-5-22-6-4-10-31-28(22)27/h3-10,15-18,32H,11-14,19H2,1-2H3. The fraction of sp³-hybridized carbons (Fsp3) is 0.241. The molecule has 1 N–H and O–H groups in total. The summed E-state index contributed by atoms with van der Waals surface area (Å²) < 4.78 is 34.5. The van der Waals surface area contributed by atoms with E-state index in [0.29, 0.717) is 29.9 Å². The van der Waals surface area contributed by atoms with Crippen LogP contribution >= 0.6 is 11.6 Å². The van der Waals surface area contributed by atoms with Gasteiger partial charge in [-0.2, -0.15) is 0 Å². The van der Waals surface area contributed by atoms with E-state index in [1.54, 1.807) is 35.4 Å². The Hall–Kier alpha value is -3.66. The average Bonchev–Trinajstić information content (AvgIpc) is 2.92. The molecule has 2 heterocycles. The number of piperazine rings is 1. The molecular weight excluding hydrogens is 536 g/mol. The van der Waals surface area contributed by atoms with Crippen molar-refractivity contribution in [1.82, 2.24) is 14.8 Å². The molecule has 5 rings (SSSR count). The fourth-order valence-corrected chi connectivity index (χ4v) is 6.42. The minimum atomic E-state index is -3.93. The molecule has 0 bridgehead atoms. The number of halogens is 1. The molecule has 1 aliphatic heterocycles. The monoisotopic (exact) mass is 564 g/mol. The number of nitrogens with one attached hydrogen (secondary N) is 1. The summed E-state index contributed by atoms with van der Waals surface area (Å²) in [5.74, 6) is 0.144. The van der Waals surface area contributed by atoms with Gasteiger partial charge in [-0.25, -0.2) is 8.42 Å². The van der Waals surface area contributed by atoms with Crippen LogP contribution in [0.4, 0.5) is 5.69 Å². The highest BCUT2D eigenvalue weighted by molar-refractivity contribution is 7.93. The van der Waals surface area contributed by atoms with Gasteiger partial charge in [0.1, 0.15) is 10.6 Å². The first-order chi connectivity index (χ1) is 18.7. The molecular formula is C29H29ClN4O4S. The lowest BCUT2D eigenvalue weighted by molar-refractivity contribution is 0.0625. The second-order valence-corrected chi connectivity index (χ2v) is 11.6. The molecule has 10 heteroatoms. The predicted molar refractivity (Wildman–Crippen MR) is 153 cm³/mol. The first kappa shape index (κ1) is 26.9. The molecule has 202 valence electrons. The quantitative estimate of drug-likeness (QED) is 0.341. The number of hydrogen-bond donors (Lipinski definition) is 1. The van der Waals surface area contributed by atoms with Crippen LogP contribution in [0.5, 0.6) is 5.75 Å². The number of carbonyl (C=O) groups is 1. The van der Waals surface area contributed by atoms with Gasteiger partial charge in [0.15, 0.2) is 0 Å². The van der Waals surface area contributed by atoms with Crippen LogP contribution in [0.15, 0.2) is 77.8 Å². The molecule has 1 amide bonds. The number of rotatable bonds is 7. The van der Waals surface area contributed by atoms with Crippen molar-refractivity contribution in [1.29, 1.82) is 0 Å². The minimum Gasteiger partial charge on any atom is -0.496 e. The van der Waals surface area contributed by atoms with E-state index in [1.807, 2.05) is 31.2 Å². The zero-order valence-electron chi connectivity index (χ0n) is 21.7. The second kappa shape index (κ2) is 11.2. The number of para-hydroxylation sites is 1. The Balaban J connectivity index is 1.28. The zero-order valence-corrected chi connectivity index (χ0v) is 23.3. The molecule has 0 saturated carbocycles. The fourth-order valence-electron chi connectivity index (χ4n) is 4.88. The molecule has 0 atom stereocenters. The minimum absolute atomic E-state index is 0.0746. The summed E-state index contributed by atoms with van der Waals surface area (Å²) in [4.78, 5) is 21.8. The first-order valence-corrected chi connectivity index (χ1v) is 14.4. The molecule has 1 aliphatic rings. The number of amides is 1. The molecule has 1 saturated heterocycles. The molecule has 39 heavy (non-hydrogen) atoms. The SMILES string of the molecule is COc1cc(NS(=O)(=O)c2cccc3cccnc23)ccc1C(=O)N1CCN(Cc2cc(C)cc(Cl)c2)CC1. The molecule has 1 fully saturated rings. The van der Waals surface area contributed by atoms with E-state index in [9.17, 15) is 13.2 Å². The summed E-state index contributed by atoms with van der Waals surface area (Å²) >= 11 is 6.21. The number of carbonyl (C=O) groups excluding carboxylic acids is 1. The normalized spacial score (nSPS) is 14.4.